The zero-order chi connectivity index (χ0) is 20.5. The minimum atomic E-state index is -4.54. The molecule has 2 heterocycles. The summed E-state index contributed by atoms with van der Waals surface area (Å²) >= 11 is 3.93. The second-order valence-electron chi connectivity index (χ2n) is 6.51. The van der Waals surface area contributed by atoms with Crippen LogP contribution in [0.4, 0.5) is 13.2 Å². The molecule has 1 aromatic carbocycles. The summed E-state index contributed by atoms with van der Waals surface area (Å²) in [4.78, 5) is 16.1. The second kappa shape index (κ2) is 8.36. The van der Waals surface area contributed by atoms with Crippen molar-refractivity contribution < 1.29 is 22.7 Å². The molecule has 1 amide bonds. The van der Waals surface area contributed by atoms with E-state index in [0.717, 1.165) is 18.2 Å². The Morgan fingerprint density at radius 1 is 1.36 bits per heavy atom. The van der Waals surface area contributed by atoms with Gasteiger partial charge in [-0.3, -0.25) is 4.79 Å². The molecule has 1 unspecified atom stereocenters. The van der Waals surface area contributed by atoms with Crippen molar-refractivity contribution in [1.82, 2.24) is 9.99 Å². The van der Waals surface area contributed by atoms with Crippen LogP contribution in [0.2, 0.25) is 0 Å². The van der Waals surface area contributed by atoms with E-state index in [0.29, 0.717) is 33.9 Å². The van der Waals surface area contributed by atoms with Crippen molar-refractivity contribution >= 4 is 49.1 Å². The molecule has 10 heteroatoms. The van der Waals surface area contributed by atoms with Crippen molar-refractivity contribution in [3.05, 3.63) is 22.7 Å². The van der Waals surface area contributed by atoms with E-state index in [2.05, 4.69) is 26.0 Å². The maximum Gasteiger partial charge on any atom is 0.443 e. The number of alkyl halides is 4. The Morgan fingerprint density at radius 2 is 2.11 bits per heavy atom. The third kappa shape index (κ3) is 4.17. The predicted molar refractivity (Wildman–Crippen MR) is 106 cm³/mol. The monoisotopic (exact) mass is 477 g/mol. The number of aromatic nitrogens is 1. The zero-order valence-corrected chi connectivity index (χ0v) is 17.7. The Balaban J connectivity index is 2.09. The molecule has 1 aliphatic heterocycles. The Morgan fingerprint density at radius 3 is 2.75 bits per heavy atom. The van der Waals surface area contributed by atoms with Gasteiger partial charge in [-0.15, -0.1) is 11.3 Å². The SMILES string of the molecule is COc1ccc(C2=NN(CCCCBr)C(=O)CC2C)c2sc(C(F)(F)F)nc12. The number of hydrazone groups is 1. The summed E-state index contributed by atoms with van der Waals surface area (Å²) in [6, 6.07) is 3.29. The van der Waals surface area contributed by atoms with E-state index in [-0.39, 0.29) is 29.5 Å². The lowest BCUT2D eigenvalue weighted by molar-refractivity contribution is -0.137. The Hall–Kier alpha value is -1.68. The van der Waals surface area contributed by atoms with E-state index < -0.39 is 11.2 Å². The van der Waals surface area contributed by atoms with Gasteiger partial charge in [0.2, 0.25) is 5.91 Å². The van der Waals surface area contributed by atoms with E-state index >= 15 is 0 Å². The summed E-state index contributed by atoms with van der Waals surface area (Å²) in [5.74, 6) is 0.00337. The van der Waals surface area contributed by atoms with Crippen LogP contribution in [0.5, 0.6) is 5.75 Å². The molecule has 152 valence electrons. The van der Waals surface area contributed by atoms with E-state index in [1.54, 1.807) is 12.1 Å². The van der Waals surface area contributed by atoms with Gasteiger partial charge >= 0.3 is 6.18 Å². The Kier molecular flexibility index (Phi) is 6.28. The molecule has 1 atom stereocenters. The summed E-state index contributed by atoms with van der Waals surface area (Å²) in [6.45, 7) is 2.34. The molecule has 0 radical (unpaired) electrons. The molecule has 3 rings (SSSR count). The standard InChI is InChI=1S/C18H19BrF3N3O2S/c1-10-9-13(26)25(8-4-3-7-19)24-14(10)11-5-6-12(27-2)15-16(11)28-17(23-15)18(20,21)22/h5-6,10H,3-4,7-9H2,1-2H3. The number of carbonyl (C=O) groups is 1. The number of thiazole rings is 1. The molecule has 0 fully saturated rings. The smallest absolute Gasteiger partial charge is 0.443 e. The number of carbonyl (C=O) groups excluding carboxylic acids is 1. The van der Waals surface area contributed by atoms with Gasteiger partial charge in [0.15, 0.2) is 5.01 Å². The minimum Gasteiger partial charge on any atom is -0.494 e. The first kappa shape index (κ1) is 21.0. The molecule has 0 N–H and O–H groups in total. The summed E-state index contributed by atoms with van der Waals surface area (Å²) in [5.41, 5.74) is 1.33. The number of hydrogen-bond acceptors (Lipinski definition) is 5. The van der Waals surface area contributed by atoms with Crippen molar-refractivity contribution in [2.75, 3.05) is 19.0 Å². The molecule has 0 bridgehead atoms. The number of amides is 1. The number of rotatable bonds is 6. The van der Waals surface area contributed by atoms with Crippen molar-refractivity contribution in [1.29, 1.82) is 0 Å². The largest absolute Gasteiger partial charge is 0.494 e. The van der Waals surface area contributed by atoms with Gasteiger partial charge in [-0.25, -0.2) is 9.99 Å². The molecule has 1 aromatic heterocycles. The highest BCUT2D eigenvalue weighted by Crippen LogP contribution is 2.41. The molecule has 0 aliphatic carbocycles. The topological polar surface area (TPSA) is 54.8 Å². The Bertz CT molecular complexity index is 913. The van der Waals surface area contributed by atoms with Crippen LogP contribution < -0.4 is 4.74 Å². The number of halogens is 4. The average Bonchev–Trinajstić information content (AvgIpc) is 3.09. The van der Waals surface area contributed by atoms with Gasteiger partial charge in [-0.2, -0.15) is 18.3 Å². The van der Waals surface area contributed by atoms with Gasteiger partial charge in [0.1, 0.15) is 11.3 Å². The number of fused-ring (bicyclic) bond motifs is 1. The van der Waals surface area contributed by atoms with Crippen LogP contribution in [0.3, 0.4) is 0 Å². The number of unbranched alkanes of at least 4 members (excludes halogenated alkanes) is 1. The third-order valence-corrected chi connectivity index (χ3v) is 6.16. The van der Waals surface area contributed by atoms with E-state index in [9.17, 15) is 18.0 Å². The summed E-state index contributed by atoms with van der Waals surface area (Å²) in [7, 11) is 1.39. The third-order valence-electron chi connectivity index (χ3n) is 4.46. The zero-order valence-electron chi connectivity index (χ0n) is 15.3. The van der Waals surface area contributed by atoms with E-state index in [1.807, 2.05) is 6.92 Å². The lowest BCUT2D eigenvalue weighted by Crippen LogP contribution is -2.36. The fraction of sp³-hybridized carbons (Fsp3) is 0.500. The number of methoxy groups -OCH3 is 1. The van der Waals surface area contributed by atoms with Crippen molar-refractivity contribution in [2.24, 2.45) is 11.0 Å². The van der Waals surface area contributed by atoms with Crippen molar-refractivity contribution in [2.45, 2.75) is 32.4 Å². The number of ether oxygens (including phenoxy) is 1. The minimum absolute atomic E-state index is 0.0733. The molecular formula is C18H19BrF3N3O2S. The molecule has 28 heavy (non-hydrogen) atoms. The molecule has 5 nitrogen and oxygen atoms in total. The van der Waals surface area contributed by atoms with Gasteiger partial charge in [0.05, 0.1) is 17.5 Å². The van der Waals surface area contributed by atoms with Gasteiger partial charge in [-0.1, -0.05) is 22.9 Å². The highest BCUT2D eigenvalue weighted by Gasteiger charge is 2.37. The quantitative estimate of drug-likeness (QED) is 0.430. The lowest BCUT2D eigenvalue weighted by atomic mass is 9.93. The van der Waals surface area contributed by atoms with E-state index in [4.69, 9.17) is 4.74 Å². The van der Waals surface area contributed by atoms with Gasteiger partial charge in [-0.05, 0) is 25.0 Å². The fourth-order valence-electron chi connectivity index (χ4n) is 3.07. The normalized spacial score (nSPS) is 17.9. The van der Waals surface area contributed by atoms with Gasteiger partial charge < -0.3 is 4.74 Å². The summed E-state index contributed by atoms with van der Waals surface area (Å²) in [5, 5.41) is 5.84. The van der Waals surface area contributed by atoms with Crippen LogP contribution in [-0.2, 0) is 11.0 Å². The van der Waals surface area contributed by atoms with Crippen LogP contribution in [0.25, 0.3) is 10.2 Å². The molecule has 1 aliphatic rings. The first-order valence-electron chi connectivity index (χ1n) is 8.76. The summed E-state index contributed by atoms with van der Waals surface area (Å²) in [6.07, 6.45) is -2.57. The van der Waals surface area contributed by atoms with Crippen LogP contribution in [0.15, 0.2) is 17.2 Å². The van der Waals surface area contributed by atoms with Crippen LogP contribution in [0, 0.1) is 5.92 Å². The summed E-state index contributed by atoms with van der Waals surface area (Å²) < 4.78 is 45.2. The van der Waals surface area contributed by atoms with Crippen LogP contribution in [-0.4, -0.2) is 40.6 Å². The lowest BCUT2D eigenvalue weighted by Gasteiger charge is -2.28. The number of nitrogens with zero attached hydrogens (tertiary/aromatic N) is 3. The number of hydrogen-bond donors (Lipinski definition) is 0. The highest BCUT2D eigenvalue weighted by atomic mass is 79.9. The van der Waals surface area contributed by atoms with Crippen molar-refractivity contribution in [3.8, 4) is 5.75 Å². The van der Waals surface area contributed by atoms with E-state index in [1.165, 1.54) is 12.1 Å². The highest BCUT2D eigenvalue weighted by molar-refractivity contribution is 9.09. The maximum absolute atomic E-state index is 13.2. The first-order chi connectivity index (χ1) is 13.3. The van der Waals surface area contributed by atoms with Gasteiger partial charge in [0, 0.05) is 29.8 Å². The Labute approximate surface area is 172 Å². The van der Waals surface area contributed by atoms with Gasteiger partial charge in [0.25, 0.3) is 0 Å². The van der Waals surface area contributed by atoms with Crippen LogP contribution in [0.1, 0.15) is 36.8 Å². The molecular weight excluding hydrogens is 459 g/mol. The number of benzene rings is 1. The molecule has 0 saturated carbocycles. The molecule has 0 saturated heterocycles. The second-order valence-corrected chi connectivity index (χ2v) is 8.31. The first-order valence-corrected chi connectivity index (χ1v) is 10.7. The average molecular weight is 478 g/mol. The van der Waals surface area contributed by atoms with Crippen LogP contribution >= 0.6 is 27.3 Å². The molecule has 0 spiro atoms. The molecule has 2 aromatic rings. The van der Waals surface area contributed by atoms with Crippen molar-refractivity contribution in [3.63, 3.8) is 0 Å². The predicted octanol–water partition coefficient (Wildman–Crippen LogP) is 5.07. The maximum atomic E-state index is 13.2. The fourth-order valence-corrected chi connectivity index (χ4v) is 4.44.